The number of hydrogen-bond acceptors (Lipinski definition) is 1. The van der Waals surface area contributed by atoms with Crippen LogP contribution in [0.15, 0.2) is 18.2 Å². The van der Waals surface area contributed by atoms with Gasteiger partial charge in [0, 0.05) is 6.54 Å². The van der Waals surface area contributed by atoms with E-state index in [1.165, 1.54) is 12.1 Å². The van der Waals surface area contributed by atoms with Crippen molar-refractivity contribution in [3.63, 3.8) is 0 Å². The highest BCUT2D eigenvalue weighted by molar-refractivity contribution is 5.22. The second-order valence-corrected chi connectivity index (χ2v) is 4.37. The molecule has 0 saturated carbocycles. The fourth-order valence-electron chi connectivity index (χ4n) is 2.18. The minimum absolute atomic E-state index is 0.309. The zero-order valence-electron chi connectivity index (χ0n) is 8.76. The average Bonchev–Trinajstić information content (AvgIpc) is 2.22. The molecule has 0 spiro atoms. The lowest BCUT2D eigenvalue weighted by molar-refractivity contribution is 0.362. The summed E-state index contributed by atoms with van der Waals surface area (Å²) in [5.74, 6) is -0.609. The van der Waals surface area contributed by atoms with Crippen molar-refractivity contribution in [1.29, 1.82) is 0 Å². The van der Waals surface area contributed by atoms with E-state index in [0.29, 0.717) is 11.8 Å². The summed E-state index contributed by atoms with van der Waals surface area (Å²) in [5, 5.41) is 3.30. The zero-order chi connectivity index (χ0) is 10.8. The van der Waals surface area contributed by atoms with E-state index in [1.54, 1.807) is 6.07 Å². The van der Waals surface area contributed by atoms with E-state index in [0.717, 1.165) is 25.1 Å². The average molecular weight is 211 g/mol. The number of benzene rings is 1. The standard InChI is InChI=1S/C12H15F2N/c1-8-4-10(7-15-6-8)9-2-3-11(13)12(14)5-9/h2-3,5,8,10,15H,4,6-7H2,1H3. The van der Waals surface area contributed by atoms with Gasteiger partial charge in [-0.1, -0.05) is 13.0 Å². The fourth-order valence-corrected chi connectivity index (χ4v) is 2.18. The van der Waals surface area contributed by atoms with Crippen molar-refractivity contribution in [2.45, 2.75) is 19.3 Å². The van der Waals surface area contributed by atoms with Gasteiger partial charge < -0.3 is 5.32 Å². The van der Waals surface area contributed by atoms with E-state index in [1.807, 2.05) is 0 Å². The molecule has 0 aromatic heterocycles. The molecule has 0 radical (unpaired) electrons. The van der Waals surface area contributed by atoms with Gasteiger partial charge in [0.05, 0.1) is 0 Å². The Kier molecular flexibility index (Phi) is 3.00. The molecule has 1 nitrogen and oxygen atoms in total. The van der Waals surface area contributed by atoms with Crippen LogP contribution in [0.3, 0.4) is 0 Å². The van der Waals surface area contributed by atoms with Gasteiger partial charge in [-0.05, 0) is 42.5 Å². The summed E-state index contributed by atoms with van der Waals surface area (Å²) in [4.78, 5) is 0. The van der Waals surface area contributed by atoms with Crippen LogP contribution in [0.4, 0.5) is 8.78 Å². The summed E-state index contributed by atoms with van der Waals surface area (Å²) in [6.07, 6.45) is 1.04. The lowest BCUT2D eigenvalue weighted by Crippen LogP contribution is -2.33. The van der Waals surface area contributed by atoms with Gasteiger partial charge in [-0.3, -0.25) is 0 Å². The van der Waals surface area contributed by atoms with E-state index >= 15 is 0 Å². The predicted octanol–water partition coefficient (Wildman–Crippen LogP) is 2.68. The fraction of sp³-hybridized carbons (Fsp3) is 0.500. The Balaban J connectivity index is 2.18. The van der Waals surface area contributed by atoms with Crippen molar-refractivity contribution in [2.24, 2.45) is 5.92 Å². The summed E-state index contributed by atoms with van der Waals surface area (Å²) < 4.78 is 25.8. The Hall–Kier alpha value is -0.960. The molecule has 15 heavy (non-hydrogen) atoms. The molecule has 1 aliphatic heterocycles. The van der Waals surface area contributed by atoms with Crippen LogP contribution in [0.1, 0.15) is 24.8 Å². The Morgan fingerprint density at radius 1 is 1.20 bits per heavy atom. The van der Waals surface area contributed by atoms with Crippen LogP contribution in [-0.4, -0.2) is 13.1 Å². The zero-order valence-corrected chi connectivity index (χ0v) is 8.76. The number of nitrogens with one attached hydrogen (secondary N) is 1. The highest BCUT2D eigenvalue weighted by atomic mass is 19.2. The third-order valence-corrected chi connectivity index (χ3v) is 2.99. The van der Waals surface area contributed by atoms with E-state index < -0.39 is 11.6 Å². The summed E-state index contributed by atoms with van der Waals surface area (Å²) >= 11 is 0. The smallest absolute Gasteiger partial charge is 0.159 e. The molecule has 3 heteroatoms. The van der Waals surface area contributed by atoms with Gasteiger partial charge in [0.2, 0.25) is 0 Å². The van der Waals surface area contributed by atoms with E-state index in [9.17, 15) is 8.78 Å². The molecular weight excluding hydrogens is 196 g/mol. The van der Waals surface area contributed by atoms with Crippen LogP contribution in [0, 0.1) is 17.6 Å². The maximum Gasteiger partial charge on any atom is 0.159 e. The Labute approximate surface area is 88.5 Å². The molecule has 82 valence electrons. The van der Waals surface area contributed by atoms with Gasteiger partial charge in [-0.15, -0.1) is 0 Å². The Morgan fingerprint density at radius 3 is 2.67 bits per heavy atom. The van der Waals surface area contributed by atoms with Crippen molar-refractivity contribution in [2.75, 3.05) is 13.1 Å². The summed E-state index contributed by atoms with van der Waals surface area (Å²) in [6, 6.07) is 4.21. The SMILES string of the molecule is CC1CNCC(c2ccc(F)c(F)c2)C1. The van der Waals surface area contributed by atoms with Gasteiger partial charge in [0.1, 0.15) is 0 Å². The summed E-state index contributed by atoms with van der Waals surface area (Å²) in [7, 11) is 0. The van der Waals surface area contributed by atoms with Crippen LogP contribution in [0.25, 0.3) is 0 Å². The summed E-state index contributed by atoms with van der Waals surface area (Å²) in [6.45, 7) is 4.04. The van der Waals surface area contributed by atoms with Crippen molar-refractivity contribution < 1.29 is 8.78 Å². The highest BCUT2D eigenvalue weighted by Crippen LogP contribution is 2.27. The molecule has 1 heterocycles. The number of piperidine rings is 1. The van der Waals surface area contributed by atoms with Crippen molar-refractivity contribution >= 4 is 0 Å². The predicted molar refractivity (Wildman–Crippen MR) is 55.7 cm³/mol. The maximum atomic E-state index is 13.0. The highest BCUT2D eigenvalue weighted by Gasteiger charge is 2.20. The largest absolute Gasteiger partial charge is 0.316 e. The molecule has 2 unspecified atom stereocenters. The van der Waals surface area contributed by atoms with Crippen LogP contribution in [0.5, 0.6) is 0 Å². The minimum Gasteiger partial charge on any atom is -0.316 e. The van der Waals surface area contributed by atoms with Crippen molar-refractivity contribution in [3.05, 3.63) is 35.4 Å². The number of hydrogen-bond donors (Lipinski definition) is 1. The molecule has 1 N–H and O–H groups in total. The minimum atomic E-state index is -0.768. The van der Waals surface area contributed by atoms with Gasteiger partial charge >= 0.3 is 0 Å². The normalized spacial score (nSPS) is 26.6. The second-order valence-electron chi connectivity index (χ2n) is 4.37. The van der Waals surface area contributed by atoms with Crippen molar-refractivity contribution in [3.8, 4) is 0 Å². The van der Waals surface area contributed by atoms with E-state index in [-0.39, 0.29) is 0 Å². The van der Waals surface area contributed by atoms with Gasteiger partial charge in [-0.2, -0.15) is 0 Å². The molecular formula is C12H15F2N. The third-order valence-electron chi connectivity index (χ3n) is 2.99. The molecule has 2 rings (SSSR count). The molecule has 1 aromatic rings. The molecule has 1 fully saturated rings. The molecule has 1 aromatic carbocycles. The molecule has 2 atom stereocenters. The van der Waals surface area contributed by atoms with Crippen LogP contribution in [0.2, 0.25) is 0 Å². The molecule has 0 bridgehead atoms. The second kappa shape index (κ2) is 4.27. The lowest BCUT2D eigenvalue weighted by atomic mass is 9.86. The Bertz CT molecular complexity index is 351. The van der Waals surface area contributed by atoms with Crippen LogP contribution in [-0.2, 0) is 0 Å². The first kappa shape index (κ1) is 10.6. The van der Waals surface area contributed by atoms with E-state index in [4.69, 9.17) is 0 Å². The maximum absolute atomic E-state index is 13.0. The van der Waals surface area contributed by atoms with Gasteiger partial charge in [0.15, 0.2) is 11.6 Å². The first-order chi connectivity index (χ1) is 7.16. The topological polar surface area (TPSA) is 12.0 Å². The summed E-state index contributed by atoms with van der Waals surface area (Å²) in [5.41, 5.74) is 0.896. The monoisotopic (exact) mass is 211 g/mol. The van der Waals surface area contributed by atoms with Crippen molar-refractivity contribution in [1.82, 2.24) is 5.32 Å². The van der Waals surface area contributed by atoms with Gasteiger partial charge in [0.25, 0.3) is 0 Å². The van der Waals surface area contributed by atoms with Gasteiger partial charge in [-0.25, -0.2) is 8.78 Å². The molecule has 0 aliphatic carbocycles. The third kappa shape index (κ3) is 2.34. The first-order valence-corrected chi connectivity index (χ1v) is 5.32. The number of rotatable bonds is 1. The molecule has 1 saturated heterocycles. The molecule has 1 aliphatic rings. The lowest BCUT2D eigenvalue weighted by Gasteiger charge is -2.28. The first-order valence-electron chi connectivity index (χ1n) is 5.32. The number of halogens is 2. The van der Waals surface area contributed by atoms with Crippen LogP contribution >= 0.6 is 0 Å². The quantitative estimate of drug-likeness (QED) is 0.753. The van der Waals surface area contributed by atoms with E-state index in [2.05, 4.69) is 12.2 Å². The Morgan fingerprint density at radius 2 is 2.00 bits per heavy atom. The van der Waals surface area contributed by atoms with Crippen LogP contribution < -0.4 is 5.32 Å². The molecule has 0 amide bonds.